The molecule has 0 amide bonds. The lowest BCUT2D eigenvalue weighted by Crippen LogP contribution is -2.43. The standard InChI is InChI=1S/C12H16ClNO4S2/c1-10-2-3-11(9-13)8-12(10)20(17,18)14-4-6-19(15,16)7-5-14/h2-3,8H,4-7,9H2,1H3. The van der Waals surface area contributed by atoms with Crippen molar-refractivity contribution in [1.29, 1.82) is 0 Å². The second-order valence-corrected chi connectivity index (χ2v) is 9.27. The van der Waals surface area contributed by atoms with E-state index in [-0.39, 0.29) is 35.4 Å². The van der Waals surface area contributed by atoms with E-state index in [2.05, 4.69) is 0 Å². The molecule has 1 aliphatic rings. The summed E-state index contributed by atoms with van der Waals surface area (Å²) in [5, 5.41) is 0. The zero-order valence-corrected chi connectivity index (χ0v) is 13.4. The molecule has 2 rings (SSSR count). The molecule has 0 aliphatic carbocycles. The van der Waals surface area contributed by atoms with Crippen molar-refractivity contribution in [3.8, 4) is 0 Å². The van der Waals surface area contributed by atoms with Gasteiger partial charge in [0.2, 0.25) is 10.0 Å². The summed E-state index contributed by atoms with van der Waals surface area (Å²) in [5.74, 6) is -0.0157. The summed E-state index contributed by atoms with van der Waals surface area (Å²) < 4.78 is 49.2. The SMILES string of the molecule is Cc1ccc(CCl)cc1S(=O)(=O)N1CCS(=O)(=O)CC1. The van der Waals surface area contributed by atoms with Crippen molar-refractivity contribution in [3.63, 3.8) is 0 Å². The largest absolute Gasteiger partial charge is 0.243 e. The molecule has 5 nitrogen and oxygen atoms in total. The zero-order valence-electron chi connectivity index (χ0n) is 11.0. The average molecular weight is 338 g/mol. The Labute approximate surface area is 124 Å². The summed E-state index contributed by atoms with van der Waals surface area (Å²) in [4.78, 5) is 0.204. The van der Waals surface area contributed by atoms with Crippen LogP contribution >= 0.6 is 11.6 Å². The number of rotatable bonds is 3. The second kappa shape index (κ2) is 5.63. The van der Waals surface area contributed by atoms with Crippen molar-refractivity contribution in [3.05, 3.63) is 29.3 Å². The van der Waals surface area contributed by atoms with Crippen LogP contribution in [0.15, 0.2) is 23.1 Å². The lowest BCUT2D eigenvalue weighted by atomic mass is 10.2. The molecule has 0 unspecified atom stereocenters. The molecule has 1 aromatic rings. The summed E-state index contributed by atoms with van der Waals surface area (Å²) in [6.45, 7) is 1.73. The summed E-state index contributed by atoms with van der Waals surface area (Å²) in [6.07, 6.45) is 0. The fraction of sp³-hybridized carbons (Fsp3) is 0.500. The molecule has 8 heteroatoms. The van der Waals surface area contributed by atoms with E-state index in [0.717, 1.165) is 5.56 Å². The molecule has 0 radical (unpaired) electrons. The molecule has 1 heterocycles. The Morgan fingerprint density at radius 2 is 1.85 bits per heavy atom. The predicted octanol–water partition coefficient (Wildman–Crippen LogP) is 1.15. The quantitative estimate of drug-likeness (QED) is 0.776. The topological polar surface area (TPSA) is 71.5 Å². The van der Waals surface area contributed by atoms with Crippen molar-refractivity contribution >= 4 is 31.5 Å². The van der Waals surface area contributed by atoms with Gasteiger partial charge in [0.15, 0.2) is 9.84 Å². The summed E-state index contributed by atoms with van der Waals surface area (Å²) in [5.41, 5.74) is 1.35. The number of hydrogen-bond donors (Lipinski definition) is 0. The van der Waals surface area contributed by atoms with Gasteiger partial charge in [0.25, 0.3) is 0 Å². The molecule has 0 N–H and O–H groups in total. The number of halogens is 1. The first-order valence-electron chi connectivity index (χ1n) is 6.12. The molecule has 1 fully saturated rings. The summed E-state index contributed by atoms with van der Waals surface area (Å²) in [7, 11) is -6.77. The maximum atomic E-state index is 12.6. The van der Waals surface area contributed by atoms with E-state index in [1.54, 1.807) is 25.1 Å². The first-order valence-corrected chi connectivity index (χ1v) is 9.92. The number of sulfonamides is 1. The van der Waals surface area contributed by atoms with Gasteiger partial charge in [-0.25, -0.2) is 16.8 Å². The fourth-order valence-corrected chi connectivity index (χ4v) is 5.40. The van der Waals surface area contributed by atoms with Gasteiger partial charge >= 0.3 is 0 Å². The van der Waals surface area contributed by atoms with Gasteiger partial charge < -0.3 is 0 Å². The minimum atomic E-state index is -3.67. The number of alkyl halides is 1. The van der Waals surface area contributed by atoms with Crippen LogP contribution in [0.2, 0.25) is 0 Å². The third kappa shape index (κ3) is 3.16. The normalized spacial score (nSPS) is 19.9. The van der Waals surface area contributed by atoms with E-state index < -0.39 is 19.9 Å². The van der Waals surface area contributed by atoms with Crippen molar-refractivity contribution in [2.45, 2.75) is 17.7 Å². The van der Waals surface area contributed by atoms with Crippen LogP contribution in [-0.4, -0.2) is 45.7 Å². The van der Waals surface area contributed by atoms with Gasteiger partial charge in [-0.05, 0) is 24.1 Å². The molecule has 20 heavy (non-hydrogen) atoms. The Balaban J connectivity index is 2.36. The van der Waals surface area contributed by atoms with Crippen LogP contribution in [-0.2, 0) is 25.7 Å². The molecule has 0 aromatic heterocycles. The van der Waals surface area contributed by atoms with Crippen molar-refractivity contribution in [2.24, 2.45) is 0 Å². The molecule has 112 valence electrons. The van der Waals surface area contributed by atoms with E-state index in [1.165, 1.54) is 4.31 Å². The molecular formula is C12H16ClNO4S2. The highest BCUT2D eigenvalue weighted by Gasteiger charge is 2.32. The third-order valence-corrected chi connectivity index (χ3v) is 7.29. The van der Waals surface area contributed by atoms with Gasteiger partial charge in [-0.3, -0.25) is 0 Å². The Hall–Kier alpha value is -0.630. The van der Waals surface area contributed by atoms with Gasteiger partial charge in [-0.15, -0.1) is 11.6 Å². The number of nitrogens with zero attached hydrogens (tertiary/aromatic N) is 1. The van der Waals surface area contributed by atoms with E-state index in [4.69, 9.17) is 11.6 Å². The predicted molar refractivity (Wildman–Crippen MR) is 78.1 cm³/mol. The Kier molecular flexibility index (Phi) is 4.44. The molecule has 1 aliphatic heterocycles. The van der Waals surface area contributed by atoms with Crippen LogP contribution in [0.3, 0.4) is 0 Å². The smallest absolute Gasteiger partial charge is 0.229 e. The Bertz CT molecular complexity index is 699. The lowest BCUT2D eigenvalue weighted by Gasteiger charge is -2.26. The van der Waals surface area contributed by atoms with Crippen LogP contribution in [0.25, 0.3) is 0 Å². The summed E-state index contributed by atoms with van der Waals surface area (Å²) >= 11 is 5.74. The van der Waals surface area contributed by atoms with Crippen molar-refractivity contribution in [1.82, 2.24) is 4.31 Å². The maximum absolute atomic E-state index is 12.6. The highest BCUT2D eigenvalue weighted by Crippen LogP contribution is 2.23. The lowest BCUT2D eigenvalue weighted by molar-refractivity contribution is 0.430. The monoisotopic (exact) mass is 337 g/mol. The average Bonchev–Trinajstić information content (AvgIpc) is 2.38. The highest BCUT2D eigenvalue weighted by atomic mass is 35.5. The van der Waals surface area contributed by atoms with Crippen LogP contribution in [0.1, 0.15) is 11.1 Å². The van der Waals surface area contributed by atoms with Crippen LogP contribution in [0.4, 0.5) is 0 Å². The van der Waals surface area contributed by atoms with Crippen LogP contribution in [0, 0.1) is 6.92 Å². The fourth-order valence-electron chi connectivity index (χ4n) is 2.08. The molecule has 0 spiro atoms. The highest BCUT2D eigenvalue weighted by molar-refractivity contribution is 7.92. The van der Waals surface area contributed by atoms with Gasteiger partial charge in [0.05, 0.1) is 16.4 Å². The van der Waals surface area contributed by atoms with Gasteiger partial charge in [0, 0.05) is 19.0 Å². The maximum Gasteiger partial charge on any atom is 0.243 e. The van der Waals surface area contributed by atoms with E-state index in [9.17, 15) is 16.8 Å². The molecule has 0 atom stereocenters. The van der Waals surface area contributed by atoms with Crippen molar-refractivity contribution in [2.75, 3.05) is 24.6 Å². The summed E-state index contributed by atoms with van der Waals surface area (Å²) in [6, 6.07) is 5.05. The third-order valence-electron chi connectivity index (χ3n) is 3.33. The van der Waals surface area contributed by atoms with E-state index >= 15 is 0 Å². The zero-order chi connectivity index (χ0) is 15.0. The Morgan fingerprint density at radius 3 is 2.40 bits per heavy atom. The molecule has 0 saturated carbocycles. The number of sulfone groups is 1. The Morgan fingerprint density at radius 1 is 1.25 bits per heavy atom. The number of benzene rings is 1. The van der Waals surface area contributed by atoms with E-state index in [0.29, 0.717) is 5.56 Å². The van der Waals surface area contributed by atoms with Crippen molar-refractivity contribution < 1.29 is 16.8 Å². The van der Waals surface area contributed by atoms with Crippen LogP contribution < -0.4 is 0 Å². The minimum absolute atomic E-state index is 0.00914. The van der Waals surface area contributed by atoms with Gasteiger partial charge in [-0.1, -0.05) is 12.1 Å². The number of hydrogen-bond acceptors (Lipinski definition) is 4. The van der Waals surface area contributed by atoms with Gasteiger partial charge in [0.1, 0.15) is 0 Å². The second-order valence-electron chi connectivity index (χ2n) is 4.79. The number of aryl methyl sites for hydroxylation is 1. The molecule has 1 aromatic carbocycles. The molecule has 1 saturated heterocycles. The first-order chi connectivity index (χ1) is 9.26. The molecular weight excluding hydrogens is 322 g/mol. The van der Waals surface area contributed by atoms with Gasteiger partial charge in [-0.2, -0.15) is 4.31 Å². The first kappa shape index (κ1) is 15.8. The molecule has 0 bridgehead atoms. The van der Waals surface area contributed by atoms with Crippen LogP contribution in [0.5, 0.6) is 0 Å². The van der Waals surface area contributed by atoms with E-state index in [1.807, 2.05) is 0 Å². The minimum Gasteiger partial charge on any atom is -0.229 e.